The number of benzene rings is 2. The summed E-state index contributed by atoms with van der Waals surface area (Å²) in [6.45, 7) is 2.22. The molecular weight excluding hydrogens is 412 g/mol. The molecule has 8 nitrogen and oxygen atoms in total. The maximum Gasteiger partial charge on any atom is 0.335 e. The first kappa shape index (κ1) is 23.0. The molecule has 0 aromatic heterocycles. The van der Waals surface area contributed by atoms with Gasteiger partial charge in [0, 0.05) is 31.4 Å². The van der Waals surface area contributed by atoms with Gasteiger partial charge in [-0.15, -0.1) is 0 Å². The molecule has 2 N–H and O–H groups in total. The van der Waals surface area contributed by atoms with Gasteiger partial charge in [0.15, 0.2) is 0 Å². The average Bonchev–Trinajstić information content (AvgIpc) is 3.02. The summed E-state index contributed by atoms with van der Waals surface area (Å²) in [6, 6.07) is 10.9. The van der Waals surface area contributed by atoms with Gasteiger partial charge in [0.25, 0.3) is 5.91 Å². The number of carbonyl (C=O) groups is 2. The molecule has 2 aromatic carbocycles. The van der Waals surface area contributed by atoms with Crippen molar-refractivity contribution in [3.63, 3.8) is 0 Å². The van der Waals surface area contributed by atoms with E-state index >= 15 is 0 Å². The number of ether oxygens (including phenoxy) is 3. The first-order valence-electron chi connectivity index (χ1n) is 10.3. The molecule has 0 saturated heterocycles. The lowest BCUT2D eigenvalue weighted by molar-refractivity contribution is 0.0696. The van der Waals surface area contributed by atoms with Crippen molar-refractivity contribution in [2.45, 2.75) is 32.3 Å². The molecular formula is C24H26N2O6. The SMILES string of the molecule is COC[C@H](C)Oc1cc(Oc2cccc(C(=O)O)c2)cc(C(=O)NC2=NC=CCCC2)c1. The maximum atomic E-state index is 12.9. The third-order valence-corrected chi connectivity index (χ3v) is 4.58. The Balaban J connectivity index is 1.87. The lowest BCUT2D eigenvalue weighted by Crippen LogP contribution is -2.30. The molecule has 1 atom stereocenters. The highest BCUT2D eigenvalue weighted by Gasteiger charge is 2.15. The molecule has 32 heavy (non-hydrogen) atoms. The van der Waals surface area contributed by atoms with Gasteiger partial charge in [-0.2, -0.15) is 0 Å². The van der Waals surface area contributed by atoms with Crippen molar-refractivity contribution in [1.82, 2.24) is 5.32 Å². The Kier molecular flexibility index (Phi) is 7.99. The predicted octanol–water partition coefficient (Wildman–Crippen LogP) is 4.42. The summed E-state index contributed by atoms with van der Waals surface area (Å²) in [4.78, 5) is 28.4. The fourth-order valence-corrected chi connectivity index (χ4v) is 3.13. The zero-order valence-electron chi connectivity index (χ0n) is 18.0. The second kappa shape index (κ2) is 11.1. The molecule has 168 valence electrons. The Labute approximate surface area is 186 Å². The van der Waals surface area contributed by atoms with Gasteiger partial charge >= 0.3 is 5.97 Å². The number of rotatable bonds is 8. The minimum absolute atomic E-state index is 0.0982. The van der Waals surface area contributed by atoms with Gasteiger partial charge < -0.3 is 24.6 Å². The standard InChI is InChI=1S/C24H26N2O6/c1-16(15-30-2)31-20-12-18(23(27)26-22-9-4-3-5-10-25-22)13-21(14-20)32-19-8-6-7-17(11-19)24(28)29/h5-8,10-14,16H,3-4,9,15H2,1-2H3,(H,28,29)(H,25,26,27)/t16-/m0/s1. The third kappa shape index (κ3) is 6.68. The zero-order chi connectivity index (χ0) is 22.9. The van der Waals surface area contributed by atoms with Gasteiger partial charge in [-0.25, -0.2) is 9.79 Å². The molecule has 3 rings (SSSR count). The van der Waals surface area contributed by atoms with Crippen molar-refractivity contribution in [2.24, 2.45) is 4.99 Å². The number of nitrogens with zero attached hydrogens (tertiary/aromatic N) is 1. The molecule has 0 bridgehead atoms. The van der Waals surface area contributed by atoms with Gasteiger partial charge in [-0.3, -0.25) is 4.79 Å². The number of amidine groups is 1. The molecule has 2 aromatic rings. The normalized spacial score (nSPS) is 14.1. The molecule has 8 heteroatoms. The third-order valence-electron chi connectivity index (χ3n) is 4.58. The highest BCUT2D eigenvalue weighted by Crippen LogP contribution is 2.29. The monoisotopic (exact) mass is 438 g/mol. The molecule has 1 heterocycles. The molecule has 0 spiro atoms. The molecule has 0 unspecified atom stereocenters. The minimum Gasteiger partial charge on any atom is -0.488 e. The van der Waals surface area contributed by atoms with Crippen molar-refractivity contribution < 1.29 is 28.9 Å². The van der Waals surface area contributed by atoms with Crippen LogP contribution in [0.4, 0.5) is 0 Å². The predicted molar refractivity (Wildman–Crippen MR) is 120 cm³/mol. The van der Waals surface area contributed by atoms with E-state index in [-0.39, 0.29) is 17.6 Å². The van der Waals surface area contributed by atoms with Crippen molar-refractivity contribution >= 4 is 17.7 Å². The van der Waals surface area contributed by atoms with Gasteiger partial charge in [0.2, 0.25) is 0 Å². The van der Waals surface area contributed by atoms with Crippen LogP contribution in [-0.2, 0) is 4.74 Å². The Morgan fingerprint density at radius 1 is 1.12 bits per heavy atom. The second-order valence-corrected chi connectivity index (χ2v) is 7.32. The molecule has 1 aliphatic rings. The summed E-state index contributed by atoms with van der Waals surface area (Å²) in [7, 11) is 1.58. The van der Waals surface area contributed by atoms with Crippen LogP contribution < -0.4 is 14.8 Å². The lowest BCUT2D eigenvalue weighted by Gasteiger charge is -2.16. The number of aliphatic imine (C=N–C) groups is 1. The molecule has 0 fully saturated rings. The molecule has 0 aliphatic carbocycles. The van der Waals surface area contributed by atoms with Crippen LogP contribution in [0.3, 0.4) is 0 Å². The summed E-state index contributed by atoms with van der Waals surface area (Å²) in [5.74, 6) is 0.292. The van der Waals surface area contributed by atoms with Crippen LogP contribution in [0.1, 0.15) is 46.9 Å². The van der Waals surface area contributed by atoms with Crippen LogP contribution in [0.5, 0.6) is 17.2 Å². The molecule has 0 radical (unpaired) electrons. The smallest absolute Gasteiger partial charge is 0.335 e. The Morgan fingerprint density at radius 3 is 2.69 bits per heavy atom. The van der Waals surface area contributed by atoms with Crippen molar-refractivity contribution in [3.05, 3.63) is 65.9 Å². The van der Waals surface area contributed by atoms with Crippen LogP contribution in [0.2, 0.25) is 0 Å². The van der Waals surface area contributed by atoms with Crippen LogP contribution in [-0.4, -0.2) is 42.6 Å². The van der Waals surface area contributed by atoms with Gasteiger partial charge in [0.05, 0.1) is 12.2 Å². The number of carboxylic acids is 1. The number of methoxy groups -OCH3 is 1. The van der Waals surface area contributed by atoms with E-state index in [1.807, 2.05) is 13.0 Å². The van der Waals surface area contributed by atoms with Gasteiger partial charge in [-0.05, 0) is 50.1 Å². The highest BCUT2D eigenvalue weighted by atomic mass is 16.5. The Bertz CT molecular complexity index is 1030. The Morgan fingerprint density at radius 2 is 1.91 bits per heavy atom. The molecule has 1 aliphatic heterocycles. The second-order valence-electron chi connectivity index (χ2n) is 7.32. The van der Waals surface area contributed by atoms with E-state index in [4.69, 9.17) is 14.2 Å². The number of carboxylic acid groups (broad SMARTS) is 1. The number of hydrogen-bond donors (Lipinski definition) is 2. The van der Waals surface area contributed by atoms with E-state index in [1.54, 1.807) is 43.6 Å². The zero-order valence-corrected chi connectivity index (χ0v) is 18.0. The fourth-order valence-electron chi connectivity index (χ4n) is 3.13. The summed E-state index contributed by atoms with van der Waals surface area (Å²) in [6.07, 6.45) is 5.89. The highest BCUT2D eigenvalue weighted by molar-refractivity contribution is 6.07. The number of aromatic carboxylic acids is 1. The largest absolute Gasteiger partial charge is 0.488 e. The topological polar surface area (TPSA) is 106 Å². The fraction of sp³-hybridized carbons (Fsp3) is 0.292. The van der Waals surface area contributed by atoms with E-state index in [0.29, 0.717) is 41.7 Å². The lowest BCUT2D eigenvalue weighted by atomic mass is 10.1. The van der Waals surface area contributed by atoms with Crippen molar-refractivity contribution in [1.29, 1.82) is 0 Å². The number of allylic oxidation sites excluding steroid dienone is 1. The van der Waals surface area contributed by atoms with E-state index in [9.17, 15) is 14.7 Å². The minimum atomic E-state index is -1.06. The summed E-state index contributed by atoms with van der Waals surface area (Å²) >= 11 is 0. The molecule has 1 amide bonds. The first-order valence-corrected chi connectivity index (χ1v) is 10.3. The van der Waals surface area contributed by atoms with E-state index in [2.05, 4.69) is 10.3 Å². The van der Waals surface area contributed by atoms with E-state index in [1.165, 1.54) is 12.1 Å². The maximum absolute atomic E-state index is 12.9. The Hall–Kier alpha value is -3.65. The number of nitrogens with one attached hydrogen (secondary N) is 1. The quantitative estimate of drug-likeness (QED) is 0.632. The van der Waals surface area contributed by atoms with Crippen LogP contribution in [0.15, 0.2) is 59.7 Å². The summed E-state index contributed by atoms with van der Waals surface area (Å²) in [5, 5.41) is 12.0. The van der Waals surface area contributed by atoms with Crippen LogP contribution in [0.25, 0.3) is 0 Å². The summed E-state index contributed by atoms with van der Waals surface area (Å²) < 4.78 is 16.8. The number of amides is 1. The first-order chi connectivity index (χ1) is 15.4. The van der Waals surface area contributed by atoms with Crippen molar-refractivity contribution in [3.8, 4) is 17.2 Å². The molecule has 0 saturated carbocycles. The summed E-state index contributed by atoms with van der Waals surface area (Å²) in [5.41, 5.74) is 0.424. The van der Waals surface area contributed by atoms with Crippen LogP contribution in [0, 0.1) is 0 Å². The van der Waals surface area contributed by atoms with E-state index < -0.39 is 5.97 Å². The number of hydrogen-bond acceptors (Lipinski definition) is 6. The van der Waals surface area contributed by atoms with Crippen molar-refractivity contribution in [2.75, 3.05) is 13.7 Å². The van der Waals surface area contributed by atoms with Gasteiger partial charge in [0.1, 0.15) is 29.2 Å². The van der Waals surface area contributed by atoms with Gasteiger partial charge in [-0.1, -0.05) is 12.1 Å². The average molecular weight is 438 g/mol. The number of carbonyl (C=O) groups excluding carboxylic acids is 1. The van der Waals surface area contributed by atoms with E-state index in [0.717, 1.165) is 12.8 Å². The van der Waals surface area contributed by atoms with Crippen LogP contribution >= 0.6 is 0 Å².